The van der Waals surface area contributed by atoms with E-state index in [4.69, 9.17) is 10.5 Å². The highest BCUT2D eigenvalue weighted by molar-refractivity contribution is 5.23. The number of piperidine rings is 1. The molecule has 0 amide bonds. The summed E-state index contributed by atoms with van der Waals surface area (Å²) < 4.78 is 30.8. The molecular formula is C16H24F2N2O. The topological polar surface area (TPSA) is 38.5 Å². The van der Waals surface area contributed by atoms with Gasteiger partial charge in [-0.15, -0.1) is 0 Å². The van der Waals surface area contributed by atoms with Crippen molar-refractivity contribution in [3.63, 3.8) is 0 Å². The van der Waals surface area contributed by atoms with E-state index in [0.717, 1.165) is 51.1 Å². The van der Waals surface area contributed by atoms with Gasteiger partial charge in [0, 0.05) is 31.8 Å². The van der Waals surface area contributed by atoms with Crippen LogP contribution in [0.25, 0.3) is 0 Å². The summed E-state index contributed by atoms with van der Waals surface area (Å²) in [7, 11) is 0. The third-order valence-electron chi connectivity index (χ3n) is 3.87. The average Bonchev–Trinajstić information content (AvgIpc) is 2.50. The van der Waals surface area contributed by atoms with Crippen molar-refractivity contribution < 1.29 is 13.5 Å². The molecule has 0 aliphatic carbocycles. The Morgan fingerprint density at radius 3 is 2.43 bits per heavy atom. The molecule has 0 atom stereocenters. The van der Waals surface area contributed by atoms with E-state index in [9.17, 15) is 8.78 Å². The lowest BCUT2D eigenvalue weighted by Gasteiger charge is -2.32. The summed E-state index contributed by atoms with van der Waals surface area (Å²) in [6.45, 7) is 4.22. The van der Waals surface area contributed by atoms with Crippen LogP contribution in [0, 0.1) is 0 Å². The van der Waals surface area contributed by atoms with Gasteiger partial charge in [-0.25, -0.2) is 8.78 Å². The van der Waals surface area contributed by atoms with Crippen LogP contribution in [0.1, 0.15) is 36.8 Å². The fourth-order valence-corrected chi connectivity index (χ4v) is 2.59. The van der Waals surface area contributed by atoms with Crippen LogP contribution in [0.3, 0.4) is 0 Å². The lowest BCUT2D eigenvalue weighted by Crippen LogP contribution is -2.36. The van der Waals surface area contributed by atoms with Crippen LogP contribution in [0.4, 0.5) is 8.78 Å². The first-order valence-corrected chi connectivity index (χ1v) is 7.60. The van der Waals surface area contributed by atoms with Crippen molar-refractivity contribution >= 4 is 0 Å². The van der Waals surface area contributed by atoms with Gasteiger partial charge in [-0.05, 0) is 31.4 Å². The van der Waals surface area contributed by atoms with Crippen molar-refractivity contribution in [2.45, 2.75) is 38.3 Å². The molecule has 21 heavy (non-hydrogen) atoms. The van der Waals surface area contributed by atoms with Gasteiger partial charge in [0.2, 0.25) is 0 Å². The van der Waals surface area contributed by atoms with Crippen LogP contribution in [-0.4, -0.2) is 37.2 Å². The van der Waals surface area contributed by atoms with Crippen LogP contribution < -0.4 is 5.73 Å². The Hall–Kier alpha value is -1.04. The molecule has 0 saturated carbocycles. The van der Waals surface area contributed by atoms with E-state index >= 15 is 0 Å². The predicted octanol–water partition coefficient (Wildman–Crippen LogP) is 2.95. The first kappa shape index (κ1) is 16.3. The van der Waals surface area contributed by atoms with Crippen LogP contribution in [0.15, 0.2) is 24.3 Å². The maximum Gasteiger partial charge on any atom is 0.263 e. The van der Waals surface area contributed by atoms with Crippen molar-refractivity contribution in [2.75, 3.05) is 26.2 Å². The van der Waals surface area contributed by atoms with Gasteiger partial charge in [0.05, 0.1) is 6.10 Å². The molecule has 0 radical (unpaired) electrons. The fraction of sp³-hybridized carbons (Fsp3) is 0.625. The zero-order valence-electron chi connectivity index (χ0n) is 12.3. The van der Waals surface area contributed by atoms with E-state index in [2.05, 4.69) is 4.90 Å². The molecule has 0 aromatic heterocycles. The molecular weight excluding hydrogens is 274 g/mol. The maximum absolute atomic E-state index is 12.5. The third-order valence-corrected chi connectivity index (χ3v) is 3.87. The summed E-state index contributed by atoms with van der Waals surface area (Å²) in [5.74, 6) is 0. The largest absolute Gasteiger partial charge is 0.378 e. The molecule has 0 spiro atoms. The molecule has 1 aromatic rings. The predicted molar refractivity (Wildman–Crippen MR) is 79.3 cm³/mol. The first-order valence-electron chi connectivity index (χ1n) is 7.60. The Kier molecular flexibility index (Phi) is 6.54. The summed E-state index contributed by atoms with van der Waals surface area (Å²) in [6, 6.07) is 6.63. The molecule has 1 aliphatic rings. The van der Waals surface area contributed by atoms with Crippen LogP contribution in [0.2, 0.25) is 0 Å². The molecule has 2 N–H and O–H groups in total. The quantitative estimate of drug-likeness (QED) is 0.787. The monoisotopic (exact) mass is 298 g/mol. The van der Waals surface area contributed by atoms with Gasteiger partial charge in [-0.2, -0.15) is 0 Å². The Bertz CT molecular complexity index is 403. The maximum atomic E-state index is 12.5. The van der Waals surface area contributed by atoms with Crippen molar-refractivity contribution in [1.82, 2.24) is 4.90 Å². The van der Waals surface area contributed by atoms with Crippen LogP contribution in [-0.2, 0) is 11.3 Å². The van der Waals surface area contributed by atoms with Gasteiger partial charge in [-0.3, -0.25) is 4.90 Å². The molecule has 1 saturated heterocycles. The molecule has 3 nitrogen and oxygen atoms in total. The number of nitrogens with two attached hydrogens (primary N) is 1. The molecule has 1 heterocycles. The van der Waals surface area contributed by atoms with E-state index in [1.807, 2.05) is 0 Å². The highest BCUT2D eigenvalue weighted by Crippen LogP contribution is 2.20. The van der Waals surface area contributed by atoms with Crippen molar-refractivity contribution in [1.29, 1.82) is 0 Å². The standard InChI is InChI=1S/C16H24F2N2O/c17-16(18)14-4-2-13(3-5-14)12-20-9-6-15(7-10-20)21-11-1-8-19/h2-5,15-16H,1,6-12,19H2. The van der Waals surface area contributed by atoms with E-state index < -0.39 is 6.43 Å². The van der Waals surface area contributed by atoms with E-state index in [0.29, 0.717) is 12.6 Å². The second kappa shape index (κ2) is 8.41. The molecule has 0 unspecified atom stereocenters. The number of hydrogen-bond donors (Lipinski definition) is 1. The number of hydrogen-bond acceptors (Lipinski definition) is 3. The minimum absolute atomic E-state index is 0.0887. The Morgan fingerprint density at radius 2 is 1.86 bits per heavy atom. The number of benzene rings is 1. The lowest BCUT2D eigenvalue weighted by molar-refractivity contribution is 0.00563. The minimum atomic E-state index is -2.39. The van der Waals surface area contributed by atoms with Gasteiger partial charge in [0.1, 0.15) is 0 Å². The Balaban J connectivity index is 1.73. The zero-order valence-corrected chi connectivity index (χ0v) is 12.3. The number of rotatable bonds is 7. The fourth-order valence-electron chi connectivity index (χ4n) is 2.59. The average molecular weight is 298 g/mol. The zero-order chi connectivity index (χ0) is 15.1. The Labute approximate surface area is 125 Å². The molecule has 0 bridgehead atoms. The summed E-state index contributed by atoms with van der Waals surface area (Å²) >= 11 is 0. The summed E-state index contributed by atoms with van der Waals surface area (Å²) in [5, 5.41) is 0. The number of nitrogens with zero attached hydrogens (tertiary/aromatic N) is 1. The SMILES string of the molecule is NCCCOC1CCN(Cc2ccc(C(F)F)cc2)CC1. The van der Waals surface area contributed by atoms with Crippen molar-refractivity contribution in [3.8, 4) is 0 Å². The van der Waals surface area contributed by atoms with Crippen molar-refractivity contribution in [3.05, 3.63) is 35.4 Å². The lowest BCUT2D eigenvalue weighted by atomic mass is 10.1. The third kappa shape index (κ3) is 5.34. The number of likely N-dealkylation sites (tertiary alicyclic amines) is 1. The minimum Gasteiger partial charge on any atom is -0.378 e. The smallest absolute Gasteiger partial charge is 0.263 e. The summed E-state index contributed by atoms with van der Waals surface area (Å²) in [4.78, 5) is 2.35. The van der Waals surface area contributed by atoms with Crippen molar-refractivity contribution in [2.24, 2.45) is 5.73 Å². The molecule has 1 aromatic carbocycles. The normalized spacial score (nSPS) is 17.5. The van der Waals surface area contributed by atoms with Gasteiger partial charge >= 0.3 is 0 Å². The molecule has 2 rings (SSSR count). The first-order chi connectivity index (χ1) is 10.2. The highest BCUT2D eigenvalue weighted by atomic mass is 19.3. The molecule has 5 heteroatoms. The van der Waals surface area contributed by atoms with E-state index in [1.54, 1.807) is 12.1 Å². The highest BCUT2D eigenvalue weighted by Gasteiger charge is 2.19. The molecule has 118 valence electrons. The van der Waals surface area contributed by atoms with Gasteiger partial charge in [-0.1, -0.05) is 24.3 Å². The van der Waals surface area contributed by atoms with Gasteiger partial charge < -0.3 is 10.5 Å². The van der Waals surface area contributed by atoms with E-state index in [-0.39, 0.29) is 5.56 Å². The second-order valence-corrected chi connectivity index (χ2v) is 5.53. The van der Waals surface area contributed by atoms with Gasteiger partial charge in [0.15, 0.2) is 0 Å². The summed E-state index contributed by atoms with van der Waals surface area (Å²) in [6.07, 6.45) is 0.922. The number of halogens is 2. The number of alkyl halides is 2. The van der Waals surface area contributed by atoms with Crippen LogP contribution >= 0.6 is 0 Å². The van der Waals surface area contributed by atoms with E-state index in [1.165, 1.54) is 12.1 Å². The molecule has 1 fully saturated rings. The second-order valence-electron chi connectivity index (χ2n) is 5.53. The summed E-state index contributed by atoms with van der Waals surface area (Å²) in [5.41, 5.74) is 6.62. The Morgan fingerprint density at radius 1 is 1.19 bits per heavy atom. The van der Waals surface area contributed by atoms with Crippen LogP contribution in [0.5, 0.6) is 0 Å². The molecule has 1 aliphatic heterocycles. The number of ether oxygens (including phenoxy) is 1. The van der Waals surface area contributed by atoms with Gasteiger partial charge in [0.25, 0.3) is 6.43 Å².